The summed E-state index contributed by atoms with van der Waals surface area (Å²) in [6.07, 6.45) is 2.37. The summed E-state index contributed by atoms with van der Waals surface area (Å²) in [7, 11) is 0. The number of nitrogens with one attached hydrogen (secondary N) is 1. The number of carboxylic acids is 1. The third-order valence-electron chi connectivity index (χ3n) is 3.82. The molecule has 0 radical (unpaired) electrons. The Morgan fingerprint density at radius 1 is 1.20 bits per heavy atom. The molecule has 2 aromatic rings. The van der Waals surface area contributed by atoms with Gasteiger partial charge in [-0.25, -0.2) is 0 Å². The normalized spacial score (nSPS) is 11.8. The number of carbonyl (C=O) groups is 2. The van der Waals surface area contributed by atoms with Crippen LogP contribution in [-0.4, -0.2) is 30.2 Å². The lowest BCUT2D eigenvalue weighted by atomic mass is 9.99. The number of benzene rings is 2. The predicted octanol–water partition coefficient (Wildman–Crippen LogP) is 3.45. The highest BCUT2D eigenvalue weighted by Gasteiger charge is 2.18. The number of carbonyl (C=O) groups excluding carboxylic acids is 1. The summed E-state index contributed by atoms with van der Waals surface area (Å²) in [6.45, 7) is 4.49. The number of fused-ring (bicyclic) bond motifs is 1. The highest BCUT2D eigenvalue weighted by Crippen LogP contribution is 2.23. The molecule has 2 rings (SSSR count). The van der Waals surface area contributed by atoms with Gasteiger partial charge < -0.3 is 15.2 Å². The van der Waals surface area contributed by atoms with Gasteiger partial charge in [-0.3, -0.25) is 9.59 Å². The number of hydrogen-bond donors (Lipinski definition) is 2. The molecule has 0 aliphatic carbocycles. The summed E-state index contributed by atoms with van der Waals surface area (Å²) < 4.78 is 5.24. The lowest BCUT2D eigenvalue weighted by molar-refractivity contribution is -0.137. The van der Waals surface area contributed by atoms with Gasteiger partial charge in [0.05, 0.1) is 19.1 Å². The second-order valence-corrected chi connectivity index (χ2v) is 5.79. The van der Waals surface area contributed by atoms with Crippen LogP contribution >= 0.6 is 0 Å². The first-order valence-electron chi connectivity index (χ1n) is 8.28. The van der Waals surface area contributed by atoms with E-state index in [9.17, 15) is 9.59 Å². The van der Waals surface area contributed by atoms with Gasteiger partial charge >= 0.3 is 5.97 Å². The monoisotopic (exact) mass is 341 g/mol. The molecule has 25 heavy (non-hydrogen) atoms. The van der Waals surface area contributed by atoms with Gasteiger partial charge in [-0.2, -0.15) is 0 Å². The van der Waals surface area contributed by atoms with Gasteiger partial charge in [0.2, 0.25) is 5.91 Å². The van der Waals surface area contributed by atoms with Gasteiger partial charge in [-0.05, 0) is 28.8 Å². The quantitative estimate of drug-likeness (QED) is 0.513. The van der Waals surface area contributed by atoms with Crippen molar-refractivity contribution in [1.29, 1.82) is 0 Å². The Balaban J connectivity index is 2.03. The Labute approximate surface area is 147 Å². The molecular formula is C20H23NO4. The second kappa shape index (κ2) is 9.59. The van der Waals surface area contributed by atoms with Crippen LogP contribution in [0.15, 0.2) is 55.1 Å². The van der Waals surface area contributed by atoms with E-state index in [4.69, 9.17) is 9.84 Å². The molecule has 0 heterocycles. The number of carboxylic acid groups (broad SMARTS) is 1. The molecule has 0 aliphatic heterocycles. The lowest BCUT2D eigenvalue weighted by Gasteiger charge is -2.18. The predicted molar refractivity (Wildman–Crippen MR) is 97.3 cm³/mol. The van der Waals surface area contributed by atoms with Gasteiger partial charge in [-0.15, -0.1) is 6.58 Å². The Morgan fingerprint density at radius 3 is 2.68 bits per heavy atom. The van der Waals surface area contributed by atoms with Crippen molar-refractivity contribution in [2.45, 2.75) is 25.3 Å². The van der Waals surface area contributed by atoms with E-state index >= 15 is 0 Å². The van der Waals surface area contributed by atoms with Crippen molar-refractivity contribution in [3.8, 4) is 0 Å². The molecule has 0 bridgehead atoms. The Hall–Kier alpha value is -2.66. The standard InChI is InChI=1S/C20H23NO4/c1-2-11-25-12-5-8-19(22)21-18(14-20(23)24)17-10-9-15-6-3-4-7-16(15)13-17/h2-4,6-7,9-10,13,18H,1,5,8,11-12,14H2,(H,21,22)(H,23,24)/t18-/m0/s1. The molecule has 5 heteroatoms. The average Bonchev–Trinajstić information content (AvgIpc) is 2.60. The van der Waals surface area contributed by atoms with E-state index < -0.39 is 12.0 Å². The first-order valence-corrected chi connectivity index (χ1v) is 8.28. The maximum absolute atomic E-state index is 12.1. The van der Waals surface area contributed by atoms with Crippen LogP contribution in [0.25, 0.3) is 10.8 Å². The number of ether oxygens (including phenoxy) is 1. The topological polar surface area (TPSA) is 75.6 Å². The average molecular weight is 341 g/mol. The number of amides is 1. The molecule has 1 atom stereocenters. The third kappa shape index (κ3) is 6.04. The van der Waals surface area contributed by atoms with E-state index in [2.05, 4.69) is 11.9 Å². The van der Waals surface area contributed by atoms with Crippen molar-refractivity contribution in [3.63, 3.8) is 0 Å². The van der Waals surface area contributed by atoms with E-state index in [1.807, 2.05) is 42.5 Å². The molecule has 0 unspecified atom stereocenters. The fraction of sp³-hybridized carbons (Fsp3) is 0.300. The molecule has 0 saturated carbocycles. The van der Waals surface area contributed by atoms with E-state index in [1.54, 1.807) is 6.08 Å². The molecule has 2 N–H and O–H groups in total. The number of aliphatic carboxylic acids is 1. The molecular weight excluding hydrogens is 318 g/mol. The van der Waals surface area contributed by atoms with Gasteiger partial charge in [0.15, 0.2) is 0 Å². The molecule has 0 saturated heterocycles. The van der Waals surface area contributed by atoms with Crippen LogP contribution in [0.4, 0.5) is 0 Å². The first-order chi connectivity index (χ1) is 12.1. The smallest absolute Gasteiger partial charge is 0.305 e. The van der Waals surface area contributed by atoms with Crippen LogP contribution in [0, 0.1) is 0 Å². The van der Waals surface area contributed by atoms with Gasteiger partial charge in [0.1, 0.15) is 0 Å². The van der Waals surface area contributed by atoms with E-state index in [0.717, 1.165) is 16.3 Å². The molecule has 0 aromatic heterocycles. The van der Waals surface area contributed by atoms with Crippen molar-refractivity contribution < 1.29 is 19.4 Å². The van der Waals surface area contributed by atoms with Crippen LogP contribution in [0.3, 0.4) is 0 Å². The zero-order chi connectivity index (χ0) is 18.1. The maximum Gasteiger partial charge on any atom is 0.305 e. The van der Waals surface area contributed by atoms with Crippen molar-refractivity contribution in [1.82, 2.24) is 5.32 Å². The molecule has 1 amide bonds. The summed E-state index contributed by atoms with van der Waals surface area (Å²) in [5, 5.41) is 14.1. The highest BCUT2D eigenvalue weighted by atomic mass is 16.5. The summed E-state index contributed by atoms with van der Waals surface area (Å²) in [5.74, 6) is -1.13. The number of hydrogen-bond acceptors (Lipinski definition) is 3. The largest absolute Gasteiger partial charge is 0.481 e. The fourth-order valence-corrected chi connectivity index (χ4v) is 2.62. The van der Waals surface area contributed by atoms with Crippen LogP contribution in [0.1, 0.15) is 30.9 Å². The summed E-state index contributed by atoms with van der Waals surface area (Å²) in [6, 6.07) is 13.0. The summed E-state index contributed by atoms with van der Waals surface area (Å²) in [5.41, 5.74) is 0.789. The minimum atomic E-state index is -0.951. The van der Waals surface area contributed by atoms with Crippen molar-refractivity contribution in [3.05, 3.63) is 60.7 Å². The van der Waals surface area contributed by atoms with Gasteiger partial charge in [0.25, 0.3) is 0 Å². The maximum atomic E-state index is 12.1. The van der Waals surface area contributed by atoms with Crippen molar-refractivity contribution in [2.24, 2.45) is 0 Å². The molecule has 132 valence electrons. The van der Waals surface area contributed by atoms with E-state index in [1.165, 1.54) is 0 Å². The van der Waals surface area contributed by atoms with Gasteiger partial charge in [-0.1, -0.05) is 42.5 Å². The molecule has 0 aliphatic rings. The van der Waals surface area contributed by atoms with Crippen LogP contribution in [-0.2, 0) is 14.3 Å². The molecule has 2 aromatic carbocycles. The zero-order valence-corrected chi connectivity index (χ0v) is 14.1. The number of rotatable bonds is 10. The third-order valence-corrected chi connectivity index (χ3v) is 3.82. The highest BCUT2D eigenvalue weighted by molar-refractivity contribution is 5.84. The van der Waals surface area contributed by atoms with Crippen LogP contribution in [0.2, 0.25) is 0 Å². The van der Waals surface area contributed by atoms with Crippen molar-refractivity contribution in [2.75, 3.05) is 13.2 Å². The van der Waals surface area contributed by atoms with E-state index in [0.29, 0.717) is 26.1 Å². The van der Waals surface area contributed by atoms with E-state index in [-0.39, 0.29) is 12.3 Å². The fourth-order valence-electron chi connectivity index (χ4n) is 2.62. The Kier molecular flexibility index (Phi) is 7.16. The molecule has 0 fully saturated rings. The van der Waals surface area contributed by atoms with Crippen LogP contribution < -0.4 is 5.32 Å². The Bertz CT molecular complexity index is 741. The molecule has 0 spiro atoms. The van der Waals surface area contributed by atoms with Crippen LogP contribution in [0.5, 0.6) is 0 Å². The minimum absolute atomic E-state index is 0.156. The van der Waals surface area contributed by atoms with Crippen molar-refractivity contribution >= 4 is 22.6 Å². The summed E-state index contributed by atoms with van der Waals surface area (Å²) in [4.78, 5) is 23.3. The van der Waals surface area contributed by atoms with Gasteiger partial charge in [0, 0.05) is 13.0 Å². The first kappa shape index (κ1) is 18.7. The second-order valence-electron chi connectivity index (χ2n) is 5.79. The summed E-state index contributed by atoms with van der Waals surface area (Å²) >= 11 is 0. The molecule has 5 nitrogen and oxygen atoms in total. The minimum Gasteiger partial charge on any atom is -0.481 e. The SMILES string of the molecule is C=CCOCCCC(=O)N[C@@H](CC(=O)O)c1ccc2ccccc2c1. The lowest BCUT2D eigenvalue weighted by Crippen LogP contribution is -2.30. The zero-order valence-electron chi connectivity index (χ0n) is 14.1. The Morgan fingerprint density at radius 2 is 1.96 bits per heavy atom.